The molecule has 0 fully saturated rings. The molecule has 0 amide bonds. The third-order valence-corrected chi connectivity index (χ3v) is 2.45. The summed E-state index contributed by atoms with van der Waals surface area (Å²) < 4.78 is 0.987. The van der Waals surface area contributed by atoms with Crippen LogP contribution in [-0.4, -0.2) is 5.11 Å². The van der Waals surface area contributed by atoms with Crippen LogP contribution in [0.3, 0.4) is 0 Å². The maximum absolute atomic E-state index is 9.06. The molecular weight excluding hydrogens is 228 g/mol. The molecule has 1 nitrogen and oxygen atoms in total. The van der Waals surface area contributed by atoms with Gasteiger partial charge in [0.1, 0.15) is 6.61 Å². The van der Waals surface area contributed by atoms with Crippen LogP contribution in [-0.2, 0) is 5.41 Å². The molecule has 0 aliphatic carbocycles. The highest BCUT2D eigenvalue weighted by atomic mass is 79.9. The lowest BCUT2D eigenvalue weighted by atomic mass is 9.84. The van der Waals surface area contributed by atoms with Gasteiger partial charge in [0.15, 0.2) is 0 Å². The van der Waals surface area contributed by atoms with Crippen LogP contribution in [0.2, 0.25) is 0 Å². The van der Waals surface area contributed by atoms with E-state index in [4.69, 9.17) is 5.11 Å². The summed E-state index contributed by atoms with van der Waals surface area (Å²) in [6.45, 7) is 7.54. The molecule has 1 N–H and O–H groups in total. The molecule has 0 aromatic heterocycles. The minimum Gasteiger partial charge on any atom is -0.385 e. The van der Waals surface area contributed by atoms with Crippen LogP contribution in [0.5, 0.6) is 0 Å². The zero-order chi connectivity index (χ0) is 10.1. The highest BCUT2D eigenvalue weighted by Crippen LogP contribution is 2.28. The Balaban J connectivity index is 3.22. The Morgan fingerprint density at radius 2 is 1.92 bits per heavy atom. The third kappa shape index (κ3) is 2.55. The van der Waals surface area contributed by atoms with Crippen LogP contribution < -0.4 is 0 Å². The normalized spacial score (nSPS) is 11.8. The molecule has 71 valence electrons. The first kappa shape index (κ1) is 10.7. The minimum absolute atomic E-state index is 0.0647. The quantitative estimate of drug-likeness (QED) is 0.797. The van der Waals surface area contributed by atoms with Gasteiger partial charge in [0, 0.05) is 4.47 Å². The summed E-state index contributed by atoms with van der Waals surface area (Å²) >= 11 is 3.37. The lowest BCUT2D eigenvalue weighted by Gasteiger charge is -2.22. The van der Waals surface area contributed by atoms with Crippen molar-refractivity contribution in [2.45, 2.75) is 26.2 Å². The molecule has 1 aromatic rings. The average molecular weight is 242 g/mol. The summed E-state index contributed by atoms with van der Waals surface area (Å²) in [6.07, 6.45) is 0. The second-order valence-corrected chi connectivity index (χ2v) is 5.03. The van der Waals surface area contributed by atoms with E-state index in [2.05, 4.69) is 36.7 Å². The van der Waals surface area contributed by atoms with E-state index in [0.29, 0.717) is 0 Å². The second kappa shape index (κ2) is 3.81. The van der Waals surface area contributed by atoms with Gasteiger partial charge in [-0.2, -0.15) is 0 Å². The number of halogens is 1. The van der Waals surface area contributed by atoms with Crippen molar-refractivity contribution in [3.05, 3.63) is 40.4 Å². The van der Waals surface area contributed by atoms with Gasteiger partial charge in [-0.05, 0) is 28.7 Å². The summed E-state index contributed by atoms with van der Waals surface area (Å²) in [7, 11) is 0. The number of benzene rings is 1. The van der Waals surface area contributed by atoms with Crippen LogP contribution >= 0.6 is 15.9 Å². The Hall–Kier alpha value is -0.340. The molecule has 1 radical (unpaired) electrons. The van der Waals surface area contributed by atoms with Crippen molar-refractivity contribution >= 4 is 15.9 Å². The Labute approximate surface area is 87.9 Å². The van der Waals surface area contributed by atoms with Gasteiger partial charge in [0.05, 0.1) is 0 Å². The lowest BCUT2D eigenvalue weighted by Crippen LogP contribution is -2.13. The van der Waals surface area contributed by atoms with Gasteiger partial charge in [0.2, 0.25) is 0 Å². The summed E-state index contributed by atoms with van der Waals surface area (Å²) in [4.78, 5) is 0. The van der Waals surface area contributed by atoms with E-state index in [-0.39, 0.29) is 5.41 Å². The fourth-order valence-corrected chi connectivity index (χ4v) is 1.70. The van der Waals surface area contributed by atoms with Crippen molar-refractivity contribution in [3.8, 4) is 0 Å². The first-order chi connectivity index (χ1) is 5.95. The van der Waals surface area contributed by atoms with E-state index in [1.54, 1.807) is 0 Å². The molecule has 0 heterocycles. The molecule has 0 saturated carbocycles. The van der Waals surface area contributed by atoms with Crippen molar-refractivity contribution < 1.29 is 5.11 Å². The van der Waals surface area contributed by atoms with Crippen molar-refractivity contribution in [3.63, 3.8) is 0 Å². The maximum atomic E-state index is 9.06. The Morgan fingerprint density at radius 3 is 2.38 bits per heavy atom. The van der Waals surface area contributed by atoms with Gasteiger partial charge in [-0.25, -0.2) is 0 Å². The van der Waals surface area contributed by atoms with Crippen LogP contribution in [0.1, 0.15) is 31.9 Å². The predicted molar refractivity (Wildman–Crippen MR) is 58.2 cm³/mol. The van der Waals surface area contributed by atoms with Crippen LogP contribution in [0, 0.1) is 6.61 Å². The van der Waals surface area contributed by atoms with E-state index in [0.717, 1.165) is 22.2 Å². The third-order valence-electron chi connectivity index (χ3n) is 1.96. The van der Waals surface area contributed by atoms with Gasteiger partial charge in [-0.1, -0.05) is 42.8 Å². The minimum atomic E-state index is 0.0647. The molecule has 1 rings (SSSR count). The summed E-state index contributed by atoms with van der Waals surface area (Å²) in [5, 5.41) is 9.06. The predicted octanol–water partition coefficient (Wildman–Crippen LogP) is 3.63. The van der Waals surface area contributed by atoms with Crippen LogP contribution in [0.25, 0.3) is 0 Å². The summed E-state index contributed by atoms with van der Waals surface area (Å²) in [6, 6.07) is 5.94. The molecule has 0 aliphatic rings. The van der Waals surface area contributed by atoms with Crippen LogP contribution in [0.4, 0.5) is 0 Å². The first-order valence-corrected chi connectivity index (χ1v) is 5.02. The monoisotopic (exact) mass is 241 g/mol. The largest absolute Gasteiger partial charge is 0.385 e. The number of hydrogen-bond donors (Lipinski definition) is 1. The number of aliphatic hydroxyl groups excluding tert-OH is 1. The standard InChI is InChI=1S/C11H14BrO/c1-11(2,3)10-5-4-9(12)6-8(10)7-13/h4-7,13H,1-3H3. The van der Waals surface area contributed by atoms with E-state index in [1.165, 1.54) is 0 Å². The van der Waals surface area contributed by atoms with Crippen molar-refractivity contribution in [1.82, 2.24) is 0 Å². The first-order valence-electron chi connectivity index (χ1n) is 4.22. The molecule has 0 spiro atoms. The van der Waals surface area contributed by atoms with E-state index in [1.807, 2.05) is 18.2 Å². The highest BCUT2D eigenvalue weighted by molar-refractivity contribution is 9.10. The molecule has 0 aliphatic heterocycles. The molecule has 0 bridgehead atoms. The fraction of sp³-hybridized carbons (Fsp3) is 0.364. The molecule has 13 heavy (non-hydrogen) atoms. The zero-order valence-corrected chi connectivity index (χ0v) is 9.72. The fourth-order valence-electron chi connectivity index (χ4n) is 1.32. The Morgan fingerprint density at radius 1 is 1.31 bits per heavy atom. The van der Waals surface area contributed by atoms with E-state index >= 15 is 0 Å². The summed E-state index contributed by atoms with van der Waals surface area (Å²) in [5.41, 5.74) is 2.09. The molecule has 0 unspecified atom stereocenters. The van der Waals surface area contributed by atoms with Gasteiger partial charge in [0.25, 0.3) is 0 Å². The van der Waals surface area contributed by atoms with Crippen molar-refractivity contribution in [2.24, 2.45) is 0 Å². The number of rotatable bonds is 1. The average Bonchev–Trinajstić information content (AvgIpc) is 2.01. The molecular formula is C11H14BrO. The number of hydrogen-bond acceptors (Lipinski definition) is 1. The SMILES string of the molecule is CC(C)(C)c1ccc(Br)cc1[CH]O. The smallest absolute Gasteiger partial charge is 0.109 e. The van der Waals surface area contributed by atoms with Crippen molar-refractivity contribution in [2.75, 3.05) is 0 Å². The van der Waals surface area contributed by atoms with Gasteiger partial charge in [-0.15, -0.1) is 0 Å². The molecule has 0 atom stereocenters. The van der Waals surface area contributed by atoms with E-state index in [9.17, 15) is 0 Å². The van der Waals surface area contributed by atoms with Gasteiger partial charge >= 0.3 is 0 Å². The topological polar surface area (TPSA) is 20.2 Å². The van der Waals surface area contributed by atoms with E-state index < -0.39 is 0 Å². The molecule has 2 heteroatoms. The second-order valence-electron chi connectivity index (χ2n) is 4.11. The molecule has 0 saturated heterocycles. The Kier molecular flexibility index (Phi) is 3.14. The van der Waals surface area contributed by atoms with Crippen LogP contribution in [0.15, 0.2) is 22.7 Å². The highest BCUT2D eigenvalue weighted by Gasteiger charge is 2.17. The maximum Gasteiger partial charge on any atom is 0.109 e. The van der Waals surface area contributed by atoms with Gasteiger partial charge < -0.3 is 5.11 Å². The lowest BCUT2D eigenvalue weighted by molar-refractivity contribution is 0.410. The van der Waals surface area contributed by atoms with Gasteiger partial charge in [-0.3, -0.25) is 0 Å². The summed E-state index contributed by atoms with van der Waals surface area (Å²) in [5.74, 6) is 0. The van der Waals surface area contributed by atoms with Crippen molar-refractivity contribution in [1.29, 1.82) is 0 Å². The number of aliphatic hydroxyl groups is 1. The molecule has 1 aromatic carbocycles. The zero-order valence-electron chi connectivity index (χ0n) is 8.13. The Bertz CT molecular complexity index is 299.